The Labute approximate surface area is 93.3 Å². The lowest BCUT2D eigenvalue weighted by Gasteiger charge is -2.33. The van der Waals surface area contributed by atoms with E-state index in [1.54, 1.807) is 6.20 Å². The second-order valence-electron chi connectivity index (χ2n) is 4.02. The topological polar surface area (TPSA) is 54.0 Å². The van der Waals surface area contributed by atoms with Crippen molar-refractivity contribution in [3.63, 3.8) is 0 Å². The van der Waals surface area contributed by atoms with Crippen LogP contribution in [0, 0.1) is 6.92 Å². The molecule has 1 aliphatic heterocycles. The maximum Gasteiger partial charge on any atom is 0.260 e. The van der Waals surface area contributed by atoms with E-state index in [1.165, 1.54) is 0 Å². The van der Waals surface area contributed by atoms with Crippen LogP contribution >= 0.6 is 0 Å². The summed E-state index contributed by atoms with van der Waals surface area (Å²) >= 11 is 0. The van der Waals surface area contributed by atoms with Gasteiger partial charge in [0.25, 0.3) is 5.91 Å². The highest BCUT2D eigenvalue weighted by Gasteiger charge is 2.44. The molecular formula is C11H14FN3O. The highest BCUT2D eigenvalue weighted by atomic mass is 19.1. The van der Waals surface area contributed by atoms with Crippen LogP contribution < -0.4 is 10.6 Å². The molecule has 0 atom stereocenters. The van der Waals surface area contributed by atoms with Gasteiger partial charge in [0.1, 0.15) is 0 Å². The number of aromatic nitrogens is 1. The number of pyridine rings is 1. The van der Waals surface area contributed by atoms with E-state index in [9.17, 15) is 9.18 Å². The first-order valence-corrected chi connectivity index (χ1v) is 5.20. The number of amides is 1. The van der Waals surface area contributed by atoms with Crippen LogP contribution in [-0.4, -0.2) is 29.6 Å². The number of hydrogen-bond donors (Lipinski definition) is 2. The molecular weight excluding hydrogens is 209 g/mol. The van der Waals surface area contributed by atoms with Gasteiger partial charge in [0.15, 0.2) is 0 Å². The van der Waals surface area contributed by atoms with Gasteiger partial charge in [0.05, 0.1) is 12.2 Å². The van der Waals surface area contributed by atoms with Crippen molar-refractivity contribution >= 4 is 5.91 Å². The molecule has 1 aromatic heterocycles. The zero-order valence-corrected chi connectivity index (χ0v) is 9.09. The molecule has 1 aromatic rings. The summed E-state index contributed by atoms with van der Waals surface area (Å²) in [5.74, 6) is -0.559. The Kier molecular flexibility index (Phi) is 2.87. The Hall–Kier alpha value is -1.49. The van der Waals surface area contributed by atoms with Crippen LogP contribution in [0.4, 0.5) is 4.39 Å². The molecule has 1 amide bonds. The quantitative estimate of drug-likeness (QED) is 0.775. The average Bonchev–Trinajstić information content (AvgIpc) is 2.24. The Balaban J connectivity index is 1.93. The molecule has 0 aliphatic carbocycles. The first-order chi connectivity index (χ1) is 7.62. The Morgan fingerprint density at radius 1 is 1.69 bits per heavy atom. The molecule has 1 saturated heterocycles. The van der Waals surface area contributed by atoms with Gasteiger partial charge in [-0.2, -0.15) is 0 Å². The predicted molar refractivity (Wildman–Crippen MR) is 57.5 cm³/mol. The van der Waals surface area contributed by atoms with Crippen LogP contribution in [0.25, 0.3) is 0 Å². The fourth-order valence-electron chi connectivity index (χ4n) is 1.53. The molecule has 0 bridgehead atoms. The molecule has 5 heteroatoms. The van der Waals surface area contributed by atoms with Crippen molar-refractivity contribution in [2.24, 2.45) is 0 Å². The molecule has 1 aliphatic rings. The van der Waals surface area contributed by atoms with Crippen LogP contribution in [0.2, 0.25) is 0 Å². The number of alkyl halides is 1. The zero-order valence-electron chi connectivity index (χ0n) is 9.09. The third-order valence-electron chi connectivity index (χ3n) is 2.75. The van der Waals surface area contributed by atoms with Crippen LogP contribution in [0.1, 0.15) is 11.3 Å². The monoisotopic (exact) mass is 223 g/mol. The van der Waals surface area contributed by atoms with E-state index in [-0.39, 0.29) is 19.6 Å². The molecule has 0 saturated carbocycles. The molecule has 16 heavy (non-hydrogen) atoms. The number of nitrogens with zero attached hydrogens (tertiary/aromatic N) is 1. The normalized spacial score (nSPS) is 17.6. The molecule has 1 fully saturated rings. The van der Waals surface area contributed by atoms with Crippen molar-refractivity contribution in [2.75, 3.05) is 13.1 Å². The van der Waals surface area contributed by atoms with Gasteiger partial charge in [-0.3, -0.25) is 9.78 Å². The highest BCUT2D eigenvalue weighted by molar-refractivity contribution is 5.86. The largest absolute Gasteiger partial charge is 0.348 e. The minimum absolute atomic E-state index is 0.0973. The van der Waals surface area contributed by atoms with Gasteiger partial charge in [-0.15, -0.1) is 0 Å². The molecule has 0 unspecified atom stereocenters. The summed E-state index contributed by atoms with van der Waals surface area (Å²) in [6.45, 7) is 2.38. The first-order valence-electron chi connectivity index (χ1n) is 5.20. The highest BCUT2D eigenvalue weighted by Crippen LogP contribution is 2.16. The van der Waals surface area contributed by atoms with Gasteiger partial charge in [0.2, 0.25) is 5.67 Å². The number of aryl methyl sites for hydroxylation is 1. The Morgan fingerprint density at radius 3 is 3.00 bits per heavy atom. The Bertz CT molecular complexity index is 404. The molecule has 2 N–H and O–H groups in total. The number of halogens is 1. The van der Waals surface area contributed by atoms with Crippen molar-refractivity contribution in [1.82, 2.24) is 15.6 Å². The minimum Gasteiger partial charge on any atom is -0.348 e. The molecule has 2 rings (SSSR count). The standard InChI is InChI=1S/C11H14FN3O/c1-8-3-2-4-14-9(8)5-15-10(16)11(12)6-13-7-11/h2-4,13H,5-7H2,1H3,(H,15,16). The Morgan fingerprint density at radius 2 is 2.44 bits per heavy atom. The summed E-state index contributed by atoms with van der Waals surface area (Å²) in [6.07, 6.45) is 1.66. The maximum atomic E-state index is 13.6. The summed E-state index contributed by atoms with van der Waals surface area (Å²) in [4.78, 5) is 15.6. The number of hydrogen-bond acceptors (Lipinski definition) is 3. The fraction of sp³-hybridized carbons (Fsp3) is 0.455. The average molecular weight is 223 g/mol. The van der Waals surface area contributed by atoms with E-state index in [4.69, 9.17) is 0 Å². The van der Waals surface area contributed by atoms with Gasteiger partial charge in [-0.25, -0.2) is 4.39 Å². The third kappa shape index (κ3) is 2.04. The van der Waals surface area contributed by atoms with E-state index in [1.807, 2.05) is 19.1 Å². The summed E-state index contributed by atoms with van der Waals surface area (Å²) in [7, 11) is 0. The van der Waals surface area contributed by atoms with Crippen molar-refractivity contribution in [3.8, 4) is 0 Å². The molecule has 0 aromatic carbocycles. The molecule has 4 nitrogen and oxygen atoms in total. The SMILES string of the molecule is Cc1cccnc1CNC(=O)C1(F)CNC1. The predicted octanol–water partition coefficient (Wildman–Crippen LogP) is 0.318. The van der Waals surface area contributed by atoms with Gasteiger partial charge in [-0.1, -0.05) is 6.07 Å². The van der Waals surface area contributed by atoms with Crippen LogP contribution in [0.3, 0.4) is 0 Å². The van der Waals surface area contributed by atoms with Crippen LogP contribution in [0.15, 0.2) is 18.3 Å². The first kappa shape index (κ1) is 11.0. The lowest BCUT2D eigenvalue weighted by atomic mass is 9.98. The number of rotatable bonds is 3. The van der Waals surface area contributed by atoms with Gasteiger partial charge in [-0.05, 0) is 18.6 Å². The zero-order chi connectivity index (χ0) is 11.6. The number of carbonyl (C=O) groups is 1. The van der Waals surface area contributed by atoms with E-state index >= 15 is 0 Å². The van der Waals surface area contributed by atoms with E-state index in [0.717, 1.165) is 11.3 Å². The molecule has 2 heterocycles. The second kappa shape index (κ2) is 4.17. The summed E-state index contributed by atoms with van der Waals surface area (Å²) in [6, 6.07) is 3.73. The van der Waals surface area contributed by atoms with Gasteiger partial charge in [0, 0.05) is 19.3 Å². The van der Waals surface area contributed by atoms with E-state index in [2.05, 4.69) is 15.6 Å². The second-order valence-corrected chi connectivity index (χ2v) is 4.02. The van der Waals surface area contributed by atoms with E-state index in [0.29, 0.717) is 0 Å². The molecule has 0 spiro atoms. The van der Waals surface area contributed by atoms with Gasteiger partial charge < -0.3 is 10.6 Å². The van der Waals surface area contributed by atoms with E-state index < -0.39 is 11.6 Å². The van der Waals surface area contributed by atoms with Crippen molar-refractivity contribution in [2.45, 2.75) is 19.1 Å². The summed E-state index contributed by atoms with van der Waals surface area (Å²) in [5.41, 5.74) is 0.0250. The lowest BCUT2D eigenvalue weighted by Crippen LogP contribution is -2.64. The maximum absolute atomic E-state index is 13.6. The summed E-state index contributed by atoms with van der Waals surface area (Å²) in [5, 5.41) is 5.31. The lowest BCUT2D eigenvalue weighted by molar-refractivity contribution is -0.136. The smallest absolute Gasteiger partial charge is 0.260 e. The fourth-order valence-corrected chi connectivity index (χ4v) is 1.53. The number of carbonyl (C=O) groups excluding carboxylic acids is 1. The van der Waals surface area contributed by atoms with Crippen molar-refractivity contribution in [3.05, 3.63) is 29.6 Å². The van der Waals surface area contributed by atoms with Crippen LogP contribution in [0.5, 0.6) is 0 Å². The van der Waals surface area contributed by atoms with Crippen molar-refractivity contribution in [1.29, 1.82) is 0 Å². The number of nitrogens with one attached hydrogen (secondary N) is 2. The third-order valence-corrected chi connectivity index (χ3v) is 2.75. The van der Waals surface area contributed by atoms with Crippen molar-refractivity contribution < 1.29 is 9.18 Å². The minimum atomic E-state index is -1.73. The van der Waals surface area contributed by atoms with Crippen LogP contribution in [-0.2, 0) is 11.3 Å². The van der Waals surface area contributed by atoms with Gasteiger partial charge >= 0.3 is 0 Å². The summed E-state index contributed by atoms with van der Waals surface area (Å²) < 4.78 is 13.6. The molecule has 0 radical (unpaired) electrons. The molecule has 86 valence electrons.